The van der Waals surface area contributed by atoms with Crippen LogP contribution >= 0.6 is 15.9 Å². The van der Waals surface area contributed by atoms with E-state index in [0.29, 0.717) is 0 Å². The van der Waals surface area contributed by atoms with Gasteiger partial charge in [0.15, 0.2) is 0 Å². The van der Waals surface area contributed by atoms with Gasteiger partial charge in [0.2, 0.25) is 0 Å². The summed E-state index contributed by atoms with van der Waals surface area (Å²) in [5.74, 6) is 0. The van der Waals surface area contributed by atoms with Gasteiger partial charge in [-0.25, -0.2) is 0 Å². The summed E-state index contributed by atoms with van der Waals surface area (Å²) >= 11 is 3.72. The maximum absolute atomic E-state index is 3.72. The molecule has 0 N–H and O–H groups in total. The summed E-state index contributed by atoms with van der Waals surface area (Å²) in [6.45, 7) is 9.50. The Hall–Kier alpha value is -3.10. The minimum Gasteiger partial charge on any atom is -0.310 e. The molecular formula is C34H30BrN. The van der Waals surface area contributed by atoms with Crippen LogP contribution in [0, 0.1) is 0 Å². The second kappa shape index (κ2) is 7.46. The quantitative estimate of drug-likeness (QED) is 0.236. The third kappa shape index (κ3) is 2.94. The van der Waals surface area contributed by atoms with Crippen LogP contribution in [0.4, 0.5) is 17.1 Å². The molecule has 7 rings (SSSR count). The van der Waals surface area contributed by atoms with Crippen molar-refractivity contribution in [1.29, 1.82) is 0 Å². The van der Waals surface area contributed by atoms with Gasteiger partial charge < -0.3 is 4.90 Å². The van der Waals surface area contributed by atoms with Gasteiger partial charge in [-0.3, -0.25) is 0 Å². The highest BCUT2D eigenvalue weighted by Crippen LogP contribution is 2.57. The Balaban J connectivity index is 1.52. The van der Waals surface area contributed by atoms with E-state index >= 15 is 0 Å². The van der Waals surface area contributed by atoms with Gasteiger partial charge in [-0.2, -0.15) is 0 Å². The summed E-state index contributed by atoms with van der Waals surface area (Å²) in [5, 5.41) is 0. The maximum atomic E-state index is 3.72. The number of aryl methyl sites for hydroxylation is 1. The first-order valence-electron chi connectivity index (χ1n) is 13.0. The number of anilines is 3. The van der Waals surface area contributed by atoms with Crippen molar-refractivity contribution in [3.63, 3.8) is 0 Å². The summed E-state index contributed by atoms with van der Waals surface area (Å²) < 4.78 is 1.14. The zero-order valence-corrected chi connectivity index (χ0v) is 22.9. The summed E-state index contributed by atoms with van der Waals surface area (Å²) in [4.78, 5) is 2.51. The Kier molecular flexibility index (Phi) is 4.58. The van der Waals surface area contributed by atoms with Crippen LogP contribution in [0.3, 0.4) is 0 Å². The van der Waals surface area contributed by atoms with Gasteiger partial charge in [0.25, 0.3) is 0 Å². The van der Waals surface area contributed by atoms with Crippen molar-refractivity contribution >= 4 is 39.1 Å². The number of para-hydroxylation sites is 1. The maximum Gasteiger partial charge on any atom is 0.0506 e. The van der Waals surface area contributed by atoms with Crippen LogP contribution < -0.4 is 4.90 Å². The van der Waals surface area contributed by atoms with E-state index in [1.807, 2.05) is 0 Å². The van der Waals surface area contributed by atoms with Crippen LogP contribution in [0.5, 0.6) is 0 Å². The van der Waals surface area contributed by atoms with Crippen LogP contribution in [0.2, 0.25) is 0 Å². The van der Waals surface area contributed by atoms with Crippen molar-refractivity contribution in [1.82, 2.24) is 0 Å². The molecule has 2 aliphatic carbocycles. The SMILES string of the molecule is CC1(C)c2cc(Br)ccc2-c2cc3c(cc21)N(c1ccc2c(c1)C=CCC2)c1ccccc1C3(C)C. The Morgan fingerprint density at radius 2 is 1.47 bits per heavy atom. The number of rotatable bonds is 1. The smallest absolute Gasteiger partial charge is 0.0506 e. The topological polar surface area (TPSA) is 3.24 Å². The lowest BCUT2D eigenvalue weighted by Crippen LogP contribution is -2.31. The Morgan fingerprint density at radius 3 is 2.33 bits per heavy atom. The van der Waals surface area contributed by atoms with Crippen molar-refractivity contribution in [2.75, 3.05) is 4.90 Å². The highest BCUT2D eigenvalue weighted by molar-refractivity contribution is 9.10. The summed E-state index contributed by atoms with van der Waals surface area (Å²) in [6, 6.07) is 27.8. The number of allylic oxidation sites excluding steroid dienone is 1. The normalized spacial score (nSPS) is 17.6. The van der Waals surface area contributed by atoms with Crippen molar-refractivity contribution in [3.8, 4) is 11.1 Å². The molecule has 178 valence electrons. The number of halogens is 1. The van der Waals surface area contributed by atoms with Crippen molar-refractivity contribution in [2.45, 2.75) is 51.4 Å². The van der Waals surface area contributed by atoms with Crippen molar-refractivity contribution in [3.05, 3.63) is 117 Å². The molecule has 0 amide bonds. The molecule has 0 aromatic heterocycles. The zero-order valence-electron chi connectivity index (χ0n) is 21.3. The van der Waals surface area contributed by atoms with Crippen LogP contribution in [-0.4, -0.2) is 0 Å². The van der Waals surface area contributed by atoms with Gasteiger partial charge in [0.05, 0.1) is 11.4 Å². The first-order valence-corrected chi connectivity index (χ1v) is 13.7. The molecule has 1 aliphatic heterocycles. The Bertz CT molecular complexity index is 1600. The fourth-order valence-corrected chi connectivity index (χ4v) is 7.09. The first-order chi connectivity index (χ1) is 17.3. The van der Waals surface area contributed by atoms with Gasteiger partial charge in [-0.15, -0.1) is 0 Å². The first kappa shape index (κ1) is 22.1. The third-order valence-electron chi connectivity index (χ3n) is 8.75. The molecule has 3 aliphatic rings. The number of nitrogens with zero attached hydrogens (tertiary/aromatic N) is 1. The average molecular weight is 533 g/mol. The minimum atomic E-state index is -0.103. The zero-order chi connectivity index (χ0) is 24.8. The Labute approximate surface area is 222 Å². The fourth-order valence-electron chi connectivity index (χ4n) is 6.73. The molecule has 2 heteroatoms. The second-order valence-electron chi connectivity index (χ2n) is 11.5. The van der Waals surface area contributed by atoms with E-state index in [4.69, 9.17) is 0 Å². The van der Waals surface area contributed by atoms with Crippen molar-refractivity contribution < 1.29 is 0 Å². The number of hydrogen-bond acceptors (Lipinski definition) is 1. The van der Waals surface area contributed by atoms with E-state index < -0.39 is 0 Å². The molecule has 4 aromatic carbocycles. The molecule has 0 unspecified atom stereocenters. The van der Waals surface area contributed by atoms with E-state index in [1.165, 1.54) is 61.6 Å². The fraction of sp³-hybridized carbons (Fsp3) is 0.235. The van der Waals surface area contributed by atoms with Crippen molar-refractivity contribution in [2.24, 2.45) is 0 Å². The number of fused-ring (bicyclic) bond motifs is 6. The van der Waals surface area contributed by atoms with Crippen LogP contribution in [0.25, 0.3) is 17.2 Å². The van der Waals surface area contributed by atoms with Crippen LogP contribution in [0.15, 0.2) is 83.3 Å². The molecule has 1 heterocycles. The highest BCUT2D eigenvalue weighted by atomic mass is 79.9. The lowest BCUT2D eigenvalue weighted by atomic mass is 9.71. The molecule has 0 spiro atoms. The average Bonchev–Trinajstić information content (AvgIpc) is 3.09. The van der Waals surface area contributed by atoms with E-state index in [-0.39, 0.29) is 10.8 Å². The van der Waals surface area contributed by atoms with E-state index in [1.54, 1.807) is 0 Å². The molecule has 4 aromatic rings. The summed E-state index contributed by atoms with van der Waals surface area (Å²) in [6.07, 6.45) is 6.86. The molecule has 0 radical (unpaired) electrons. The largest absolute Gasteiger partial charge is 0.310 e. The predicted octanol–water partition coefficient (Wildman–Crippen LogP) is 9.82. The molecule has 0 atom stereocenters. The van der Waals surface area contributed by atoms with E-state index in [9.17, 15) is 0 Å². The lowest BCUT2D eigenvalue weighted by Gasteiger charge is -2.43. The minimum absolute atomic E-state index is 0.0607. The molecule has 0 saturated carbocycles. The second-order valence-corrected chi connectivity index (χ2v) is 12.4. The lowest BCUT2D eigenvalue weighted by molar-refractivity contribution is 0.627. The van der Waals surface area contributed by atoms with E-state index in [0.717, 1.165) is 17.3 Å². The molecule has 36 heavy (non-hydrogen) atoms. The van der Waals surface area contributed by atoms with Crippen LogP contribution in [0.1, 0.15) is 67.5 Å². The Morgan fingerprint density at radius 1 is 0.694 bits per heavy atom. The third-order valence-corrected chi connectivity index (χ3v) is 9.25. The predicted molar refractivity (Wildman–Crippen MR) is 156 cm³/mol. The molecule has 0 fully saturated rings. The van der Waals surface area contributed by atoms with Crippen LogP contribution in [-0.2, 0) is 17.3 Å². The van der Waals surface area contributed by atoms with Gasteiger partial charge in [0.1, 0.15) is 0 Å². The van der Waals surface area contributed by atoms with Gasteiger partial charge in [0, 0.05) is 21.0 Å². The standard InChI is InChI=1S/C34H30BrN/c1-33(2)27-11-7-8-12-31(27)36(24-15-13-21-9-5-6-10-22(21)17-24)32-20-29-26(19-30(32)33)25-16-14-23(35)18-28(25)34(29,3)4/h6-8,10-20H,5,9H2,1-4H3. The number of benzene rings is 4. The number of hydrogen-bond donors (Lipinski definition) is 0. The molecule has 1 nitrogen and oxygen atoms in total. The highest BCUT2D eigenvalue weighted by Gasteiger charge is 2.42. The summed E-state index contributed by atoms with van der Waals surface area (Å²) in [5.41, 5.74) is 14.8. The summed E-state index contributed by atoms with van der Waals surface area (Å²) in [7, 11) is 0. The van der Waals surface area contributed by atoms with Gasteiger partial charge in [-0.1, -0.05) is 86.1 Å². The van der Waals surface area contributed by atoms with Gasteiger partial charge >= 0.3 is 0 Å². The van der Waals surface area contributed by atoms with Gasteiger partial charge in [-0.05, 0) is 99.8 Å². The molecular weight excluding hydrogens is 502 g/mol. The monoisotopic (exact) mass is 531 g/mol. The molecule has 0 saturated heterocycles. The molecule has 0 bridgehead atoms. The van der Waals surface area contributed by atoms with E-state index in [2.05, 4.69) is 133 Å².